The second kappa shape index (κ2) is 14.3. The molecular weight excluding hydrogens is 721 g/mol. The van der Waals surface area contributed by atoms with Crippen molar-refractivity contribution in [1.29, 1.82) is 0 Å². The van der Waals surface area contributed by atoms with E-state index in [1.165, 1.54) is 65.0 Å². The van der Waals surface area contributed by atoms with Gasteiger partial charge in [-0.05, 0) is 96.5 Å². The Balaban J connectivity index is 0.968. The van der Waals surface area contributed by atoms with Crippen LogP contribution in [0.1, 0.15) is 0 Å². The smallest absolute Gasteiger partial charge is 0.124 e. The van der Waals surface area contributed by atoms with Gasteiger partial charge in [-0.2, -0.15) is 0 Å². The van der Waals surface area contributed by atoms with Crippen LogP contribution in [0.5, 0.6) is 0 Å². The molecule has 11 aromatic rings. The standard InChI is InChI=1S/C55H36N2S/c1-5-13-41(14-6-1)53-54(42-15-7-2-8-16-42)58-55(56-53)43-23-21-37(22-24-43)47-33-27-39-30-36-50-48(34-28-40-29-35-49(47)51(39)52(40)50)38-25-31-46(32-26-38)57(44-17-9-3-10-18-44)45-19-11-4-12-20-45/h1-36H. The van der Waals surface area contributed by atoms with E-state index in [1.807, 2.05) is 0 Å². The molecule has 1 aromatic heterocycles. The molecule has 0 N–H and O–H groups in total. The highest BCUT2D eigenvalue weighted by Crippen LogP contribution is 2.45. The highest BCUT2D eigenvalue weighted by molar-refractivity contribution is 7.19. The largest absolute Gasteiger partial charge is 0.311 e. The number of nitrogens with zero attached hydrogens (tertiary/aromatic N) is 2. The Labute approximate surface area is 341 Å². The molecule has 0 spiro atoms. The van der Waals surface area contributed by atoms with E-state index in [4.69, 9.17) is 4.98 Å². The van der Waals surface area contributed by atoms with E-state index in [0.29, 0.717) is 0 Å². The third-order valence-corrected chi connectivity index (χ3v) is 12.4. The maximum atomic E-state index is 5.23. The van der Waals surface area contributed by atoms with Gasteiger partial charge in [-0.25, -0.2) is 4.98 Å². The topological polar surface area (TPSA) is 16.1 Å². The fourth-order valence-corrected chi connectivity index (χ4v) is 9.61. The van der Waals surface area contributed by atoms with Crippen LogP contribution in [-0.4, -0.2) is 4.98 Å². The molecule has 3 heteroatoms. The van der Waals surface area contributed by atoms with Crippen molar-refractivity contribution < 1.29 is 0 Å². The Morgan fingerprint density at radius 1 is 0.328 bits per heavy atom. The van der Waals surface area contributed by atoms with Gasteiger partial charge in [0.1, 0.15) is 5.01 Å². The predicted octanol–water partition coefficient (Wildman–Crippen LogP) is 15.8. The second-order valence-electron chi connectivity index (χ2n) is 14.7. The Morgan fingerprint density at radius 2 is 0.741 bits per heavy atom. The molecule has 0 radical (unpaired) electrons. The molecule has 0 saturated heterocycles. The second-order valence-corrected chi connectivity index (χ2v) is 15.7. The van der Waals surface area contributed by atoms with Crippen LogP contribution >= 0.6 is 11.3 Å². The fourth-order valence-electron chi connectivity index (χ4n) is 8.51. The van der Waals surface area contributed by atoms with Crippen molar-refractivity contribution in [1.82, 2.24) is 4.98 Å². The quantitative estimate of drug-likeness (QED) is 0.144. The zero-order chi connectivity index (χ0) is 38.4. The summed E-state index contributed by atoms with van der Waals surface area (Å²) >= 11 is 1.76. The van der Waals surface area contributed by atoms with Crippen LogP contribution in [0.2, 0.25) is 0 Å². The maximum absolute atomic E-state index is 5.23. The Kier molecular flexibility index (Phi) is 8.38. The zero-order valence-electron chi connectivity index (χ0n) is 31.6. The SMILES string of the molecule is c1ccc(-c2nc(-c3ccc(-c4ccc5ccc6c(-c7ccc(N(c8ccccc8)c8ccccc8)cc7)ccc7ccc4c5c76)cc3)sc2-c2ccccc2)cc1. The monoisotopic (exact) mass is 756 g/mol. The zero-order valence-corrected chi connectivity index (χ0v) is 32.4. The third-order valence-electron chi connectivity index (χ3n) is 11.3. The third kappa shape index (κ3) is 5.92. The fraction of sp³-hybridized carbons (Fsp3) is 0. The Hall–Kier alpha value is -7.33. The van der Waals surface area contributed by atoms with Crippen molar-refractivity contribution in [3.05, 3.63) is 218 Å². The Morgan fingerprint density at radius 3 is 1.26 bits per heavy atom. The average molecular weight is 757 g/mol. The molecule has 0 amide bonds. The molecule has 11 rings (SSSR count). The molecule has 0 aliphatic rings. The van der Waals surface area contributed by atoms with E-state index >= 15 is 0 Å². The first-order valence-corrected chi connectivity index (χ1v) is 20.5. The Bertz CT molecular complexity index is 3080. The van der Waals surface area contributed by atoms with Gasteiger partial charge >= 0.3 is 0 Å². The first-order chi connectivity index (χ1) is 28.8. The summed E-state index contributed by atoms with van der Waals surface area (Å²) in [6.45, 7) is 0. The van der Waals surface area contributed by atoms with Crippen LogP contribution in [-0.2, 0) is 0 Å². The van der Waals surface area contributed by atoms with Crippen molar-refractivity contribution in [2.45, 2.75) is 0 Å². The lowest BCUT2D eigenvalue weighted by Crippen LogP contribution is -2.09. The highest BCUT2D eigenvalue weighted by atomic mass is 32.1. The first kappa shape index (κ1) is 34.0. The van der Waals surface area contributed by atoms with Crippen molar-refractivity contribution >= 4 is 60.7 Å². The number of hydrogen-bond donors (Lipinski definition) is 0. The van der Waals surface area contributed by atoms with Gasteiger partial charge in [-0.3, -0.25) is 0 Å². The maximum Gasteiger partial charge on any atom is 0.124 e. The molecule has 0 fully saturated rings. The van der Waals surface area contributed by atoms with E-state index in [0.717, 1.165) is 38.9 Å². The molecule has 10 aromatic carbocycles. The molecule has 2 nitrogen and oxygen atoms in total. The predicted molar refractivity (Wildman–Crippen MR) is 248 cm³/mol. The summed E-state index contributed by atoms with van der Waals surface area (Å²) in [5.41, 5.74) is 12.7. The molecule has 0 unspecified atom stereocenters. The van der Waals surface area contributed by atoms with Crippen LogP contribution in [0.3, 0.4) is 0 Å². The number of rotatable bonds is 8. The lowest BCUT2D eigenvalue weighted by atomic mass is 9.87. The van der Waals surface area contributed by atoms with Crippen molar-refractivity contribution in [3.8, 4) is 54.5 Å². The van der Waals surface area contributed by atoms with Gasteiger partial charge in [0, 0.05) is 28.2 Å². The summed E-state index contributed by atoms with van der Waals surface area (Å²) in [6.07, 6.45) is 0. The molecule has 0 bridgehead atoms. The highest BCUT2D eigenvalue weighted by Gasteiger charge is 2.19. The summed E-state index contributed by atoms with van der Waals surface area (Å²) in [5.74, 6) is 0. The van der Waals surface area contributed by atoms with Crippen LogP contribution in [0.15, 0.2) is 218 Å². The minimum absolute atomic E-state index is 1.02. The van der Waals surface area contributed by atoms with E-state index in [-0.39, 0.29) is 0 Å². The normalized spacial score (nSPS) is 11.4. The first-order valence-electron chi connectivity index (χ1n) is 19.7. The minimum Gasteiger partial charge on any atom is -0.311 e. The lowest BCUT2D eigenvalue weighted by molar-refractivity contribution is 1.28. The summed E-state index contributed by atoms with van der Waals surface area (Å²) in [4.78, 5) is 8.72. The van der Waals surface area contributed by atoms with Gasteiger partial charge in [0.2, 0.25) is 0 Å². The number of benzene rings is 10. The number of aromatic nitrogens is 1. The molecule has 0 atom stereocenters. The van der Waals surface area contributed by atoms with Crippen LogP contribution in [0.25, 0.3) is 86.8 Å². The van der Waals surface area contributed by atoms with Gasteiger partial charge < -0.3 is 4.90 Å². The number of thiazole rings is 1. The molecule has 0 aliphatic heterocycles. The number of anilines is 3. The van der Waals surface area contributed by atoms with E-state index < -0.39 is 0 Å². The van der Waals surface area contributed by atoms with Gasteiger partial charge in [-0.1, -0.05) is 182 Å². The summed E-state index contributed by atoms with van der Waals surface area (Å²) in [7, 11) is 0. The number of para-hydroxylation sites is 2. The summed E-state index contributed by atoms with van der Waals surface area (Å²) in [5, 5.41) is 8.70. The molecule has 0 saturated carbocycles. The molecule has 1 heterocycles. The van der Waals surface area contributed by atoms with Gasteiger partial charge in [0.25, 0.3) is 0 Å². The summed E-state index contributed by atoms with van der Waals surface area (Å²) in [6, 6.07) is 78.6. The van der Waals surface area contributed by atoms with Crippen molar-refractivity contribution in [2.75, 3.05) is 4.90 Å². The van der Waals surface area contributed by atoms with Gasteiger partial charge in [-0.15, -0.1) is 11.3 Å². The van der Waals surface area contributed by atoms with E-state index in [2.05, 4.69) is 223 Å². The van der Waals surface area contributed by atoms with E-state index in [9.17, 15) is 0 Å². The van der Waals surface area contributed by atoms with Crippen LogP contribution in [0, 0.1) is 0 Å². The van der Waals surface area contributed by atoms with Crippen molar-refractivity contribution in [3.63, 3.8) is 0 Å². The van der Waals surface area contributed by atoms with E-state index in [1.54, 1.807) is 11.3 Å². The summed E-state index contributed by atoms with van der Waals surface area (Å²) < 4.78 is 0. The van der Waals surface area contributed by atoms with Gasteiger partial charge in [0.15, 0.2) is 0 Å². The van der Waals surface area contributed by atoms with Crippen LogP contribution < -0.4 is 4.90 Å². The van der Waals surface area contributed by atoms with Crippen molar-refractivity contribution in [2.24, 2.45) is 0 Å². The van der Waals surface area contributed by atoms with Gasteiger partial charge in [0.05, 0.1) is 10.6 Å². The molecule has 58 heavy (non-hydrogen) atoms. The average Bonchev–Trinajstić information content (AvgIpc) is 3.76. The molecule has 0 aliphatic carbocycles. The lowest BCUT2D eigenvalue weighted by Gasteiger charge is -2.25. The van der Waals surface area contributed by atoms with Crippen LogP contribution in [0.4, 0.5) is 17.1 Å². The molecule has 272 valence electrons. The molecular formula is C55H36N2S. The number of hydrogen-bond acceptors (Lipinski definition) is 3. The minimum atomic E-state index is 1.02.